The van der Waals surface area contributed by atoms with Crippen LogP contribution in [0.2, 0.25) is 0 Å². The summed E-state index contributed by atoms with van der Waals surface area (Å²) in [5, 5.41) is 9.08. The molecule has 1 N–H and O–H groups in total. The van der Waals surface area contributed by atoms with Crippen molar-refractivity contribution in [3.05, 3.63) is 59.7 Å². The molecule has 0 aromatic heterocycles. The predicted octanol–water partition coefficient (Wildman–Crippen LogP) is 2.36. The smallest absolute Gasteiger partial charge is 0.335 e. The first-order valence-corrected chi connectivity index (χ1v) is 7.58. The molecule has 0 spiro atoms. The van der Waals surface area contributed by atoms with Crippen molar-refractivity contribution in [2.75, 3.05) is 18.6 Å². The molecule has 25 heavy (non-hydrogen) atoms. The van der Waals surface area contributed by atoms with Crippen molar-refractivity contribution >= 4 is 23.6 Å². The summed E-state index contributed by atoms with van der Waals surface area (Å²) < 4.78 is 5.27. The number of aromatic carboxylic acids is 1. The summed E-state index contributed by atoms with van der Waals surface area (Å²) in [7, 11) is 1.54. The van der Waals surface area contributed by atoms with Crippen LogP contribution >= 0.6 is 0 Å². The van der Waals surface area contributed by atoms with Crippen LogP contribution < -0.4 is 9.64 Å². The predicted molar refractivity (Wildman–Crippen MR) is 89.7 cm³/mol. The Morgan fingerprint density at radius 3 is 2.64 bits per heavy atom. The third-order valence-corrected chi connectivity index (χ3v) is 3.94. The van der Waals surface area contributed by atoms with Crippen molar-refractivity contribution < 1.29 is 24.2 Å². The lowest BCUT2D eigenvalue weighted by atomic mass is 10.2. The van der Waals surface area contributed by atoms with Gasteiger partial charge in [0.25, 0.3) is 5.91 Å². The zero-order valence-corrected chi connectivity index (χ0v) is 13.5. The standard InChI is InChI=1S/C18H16N2O5/c1-25-15-8-3-2-5-13(15)10-19-11-16(21)20(18(19)24)14-7-4-6-12(9-14)17(22)23/h2-9H,10-11H2,1H3,(H,22,23). The van der Waals surface area contributed by atoms with Crippen LogP contribution in [0.3, 0.4) is 0 Å². The van der Waals surface area contributed by atoms with Gasteiger partial charge in [-0.05, 0) is 24.3 Å². The fourth-order valence-electron chi connectivity index (χ4n) is 2.74. The highest BCUT2D eigenvalue weighted by Crippen LogP contribution is 2.26. The summed E-state index contributed by atoms with van der Waals surface area (Å²) in [6, 6.07) is 12.5. The number of imide groups is 1. The third kappa shape index (κ3) is 3.16. The zero-order valence-electron chi connectivity index (χ0n) is 13.5. The molecule has 0 bridgehead atoms. The quantitative estimate of drug-likeness (QED) is 0.844. The number of ether oxygens (including phenoxy) is 1. The van der Waals surface area contributed by atoms with E-state index in [1.807, 2.05) is 18.2 Å². The second kappa shape index (κ2) is 6.64. The highest BCUT2D eigenvalue weighted by molar-refractivity contribution is 6.20. The molecule has 0 saturated carbocycles. The minimum absolute atomic E-state index is 0.0151. The molecule has 3 rings (SSSR count). The number of anilines is 1. The highest BCUT2D eigenvalue weighted by atomic mass is 16.5. The van der Waals surface area contributed by atoms with Gasteiger partial charge in [-0.1, -0.05) is 24.3 Å². The maximum atomic E-state index is 12.6. The molecule has 0 aliphatic carbocycles. The average molecular weight is 340 g/mol. The Kier molecular flexibility index (Phi) is 4.38. The lowest BCUT2D eigenvalue weighted by Gasteiger charge is -2.18. The summed E-state index contributed by atoms with van der Waals surface area (Å²) in [4.78, 5) is 38.4. The lowest BCUT2D eigenvalue weighted by Crippen LogP contribution is -2.33. The van der Waals surface area contributed by atoms with E-state index < -0.39 is 17.9 Å². The van der Waals surface area contributed by atoms with Gasteiger partial charge in [0.05, 0.1) is 24.9 Å². The molecule has 2 aromatic rings. The molecule has 0 unspecified atom stereocenters. The van der Waals surface area contributed by atoms with E-state index in [0.29, 0.717) is 5.75 Å². The van der Waals surface area contributed by atoms with Crippen LogP contribution in [0.15, 0.2) is 48.5 Å². The van der Waals surface area contributed by atoms with Gasteiger partial charge in [0, 0.05) is 5.56 Å². The van der Waals surface area contributed by atoms with Gasteiger partial charge in [-0.3, -0.25) is 4.79 Å². The van der Waals surface area contributed by atoms with Crippen LogP contribution in [0.4, 0.5) is 10.5 Å². The Balaban J connectivity index is 1.85. The lowest BCUT2D eigenvalue weighted by molar-refractivity contribution is -0.116. The van der Waals surface area contributed by atoms with Crippen molar-refractivity contribution in [2.24, 2.45) is 0 Å². The van der Waals surface area contributed by atoms with Crippen LogP contribution in [-0.4, -0.2) is 41.6 Å². The Morgan fingerprint density at radius 2 is 1.92 bits per heavy atom. The van der Waals surface area contributed by atoms with Crippen molar-refractivity contribution in [2.45, 2.75) is 6.54 Å². The van der Waals surface area contributed by atoms with Gasteiger partial charge in [-0.25, -0.2) is 14.5 Å². The van der Waals surface area contributed by atoms with Gasteiger partial charge in [-0.2, -0.15) is 0 Å². The summed E-state index contributed by atoms with van der Waals surface area (Å²) in [6.45, 7) is 0.151. The number of para-hydroxylation sites is 1. The number of carboxylic acids is 1. The van der Waals surface area contributed by atoms with E-state index in [1.165, 1.54) is 29.2 Å². The van der Waals surface area contributed by atoms with Crippen molar-refractivity contribution in [3.63, 3.8) is 0 Å². The minimum atomic E-state index is -1.12. The first kappa shape index (κ1) is 16.5. The van der Waals surface area contributed by atoms with Crippen molar-refractivity contribution in [1.82, 2.24) is 4.90 Å². The molecule has 1 aliphatic rings. The topological polar surface area (TPSA) is 87.2 Å². The monoisotopic (exact) mass is 340 g/mol. The minimum Gasteiger partial charge on any atom is -0.496 e. The molecule has 3 amide bonds. The van der Waals surface area contributed by atoms with Gasteiger partial charge in [0.2, 0.25) is 0 Å². The molecule has 7 nitrogen and oxygen atoms in total. The highest BCUT2D eigenvalue weighted by Gasteiger charge is 2.37. The van der Waals surface area contributed by atoms with E-state index in [2.05, 4.69) is 0 Å². The maximum Gasteiger partial charge on any atom is 0.335 e. The summed E-state index contributed by atoms with van der Waals surface area (Å²) in [5.41, 5.74) is 1.05. The first-order chi connectivity index (χ1) is 12.0. The van der Waals surface area contributed by atoms with E-state index in [9.17, 15) is 14.4 Å². The number of nitrogens with zero attached hydrogens (tertiary/aromatic N) is 2. The fourth-order valence-corrected chi connectivity index (χ4v) is 2.74. The van der Waals surface area contributed by atoms with Crippen LogP contribution in [0, 0.1) is 0 Å². The molecule has 0 atom stereocenters. The van der Waals surface area contributed by atoms with Gasteiger partial charge in [0.15, 0.2) is 0 Å². The van der Waals surface area contributed by atoms with Crippen LogP contribution in [0.5, 0.6) is 5.75 Å². The molecule has 2 aromatic carbocycles. The SMILES string of the molecule is COc1ccccc1CN1CC(=O)N(c2cccc(C(=O)O)c2)C1=O. The number of carboxylic acid groups (broad SMARTS) is 1. The van der Waals surface area contributed by atoms with Gasteiger partial charge in [0.1, 0.15) is 12.3 Å². The van der Waals surface area contributed by atoms with Crippen LogP contribution in [-0.2, 0) is 11.3 Å². The number of carbonyl (C=O) groups is 3. The number of amides is 3. The number of hydrogen-bond acceptors (Lipinski definition) is 4. The zero-order chi connectivity index (χ0) is 18.0. The Bertz CT molecular complexity index is 849. The number of methoxy groups -OCH3 is 1. The summed E-state index contributed by atoms with van der Waals surface area (Å²) in [6.07, 6.45) is 0. The molecular formula is C18H16N2O5. The molecule has 0 radical (unpaired) electrons. The average Bonchev–Trinajstić information content (AvgIpc) is 2.89. The molecule has 128 valence electrons. The van der Waals surface area contributed by atoms with Gasteiger partial charge in [-0.15, -0.1) is 0 Å². The second-order valence-electron chi connectivity index (χ2n) is 5.54. The number of benzene rings is 2. The molecule has 1 fully saturated rings. The molecule has 1 aliphatic heterocycles. The van der Waals surface area contributed by atoms with E-state index in [0.717, 1.165) is 10.5 Å². The molecule has 7 heteroatoms. The number of hydrogen-bond donors (Lipinski definition) is 1. The second-order valence-corrected chi connectivity index (χ2v) is 5.54. The third-order valence-electron chi connectivity index (χ3n) is 3.94. The van der Waals surface area contributed by atoms with Gasteiger partial charge < -0.3 is 14.7 Å². The molecule has 1 saturated heterocycles. The number of rotatable bonds is 5. The first-order valence-electron chi connectivity index (χ1n) is 7.58. The van der Waals surface area contributed by atoms with Crippen molar-refractivity contribution in [3.8, 4) is 5.75 Å². The van der Waals surface area contributed by atoms with Crippen LogP contribution in [0.25, 0.3) is 0 Å². The Hall–Kier alpha value is -3.35. The summed E-state index contributed by atoms with van der Waals surface area (Å²) >= 11 is 0. The Morgan fingerprint density at radius 1 is 1.16 bits per heavy atom. The van der Waals surface area contributed by atoms with E-state index in [4.69, 9.17) is 9.84 Å². The van der Waals surface area contributed by atoms with E-state index in [-0.39, 0.29) is 24.3 Å². The normalized spacial score (nSPS) is 14.1. The van der Waals surface area contributed by atoms with Crippen molar-refractivity contribution in [1.29, 1.82) is 0 Å². The van der Waals surface area contributed by atoms with E-state index >= 15 is 0 Å². The number of carbonyl (C=O) groups excluding carboxylic acids is 2. The molecular weight excluding hydrogens is 324 g/mol. The molecule has 1 heterocycles. The van der Waals surface area contributed by atoms with E-state index in [1.54, 1.807) is 13.2 Å². The number of urea groups is 1. The van der Waals surface area contributed by atoms with Gasteiger partial charge >= 0.3 is 12.0 Å². The van der Waals surface area contributed by atoms with Crippen LogP contribution in [0.1, 0.15) is 15.9 Å². The Labute approximate surface area is 144 Å². The summed E-state index contributed by atoms with van der Waals surface area (Å²) in [5.74, 6) is -0.886. The largest absolute Gasteiger partial charge is 0.496 e. The fraction of sp³-hybridized carbons (Fsp3) is 0.167. The maximum absolute atomic E-state index is 12.6.